The Labute approximate surface area is 126 Å². The summed E-state index contributed by atoms with van der Waals surface area (Å²) in [5, 5.41) is 7.56. The van der Waals surface area contributed by atoms with Gasteiger partial charge >= 0.3 is 0 Å². The Bertz CT molecular complexity index is 376. The second-order valence-corrected chi connectivity index (χ2v) is 7.85. The lowest BCUT2D eigenvalue weighted by Crippen LogP contribution is -2.46. The molecule has 1 amide bonds. The third-order valence-electron chi connectivity index (χ3n) is 3.76. The first-order chi connectivity index (χ1) is 9.44. The van der Waals surface area contributed by atoms with E-state index in [2.05, 4.69) is 15.6 Å². The molecule has 0 aromatic heterocycles. The maximum Gasteiger partial charge on any atom is 0.222 e. The standard InChI is InChI=1S/C15H27N3OS/c1-15(2,3)18-13(19)8-9-16-14-17-12-7-5-4-6-11(12)10-20-14/h11-12H,4-10H2,1-3H3,(H,16,17)(H,18,19). The molecule has 4 nitrogen and oxygen atoms in total. The van der Waals surface area contributed by atoms with E-state index in [0.29, 0.717) is 19.0 Å². The lowest BCUT2D eigenvalue weighted by Gasteiger charge is -2.36. The zero-order chi connectivity index (χ0) is 14.6. The molecule has 2 unspecified atom stereocenters. The summed E-state index contributed by atoms with van der Waals surface area (Å²) in [7, 11) is 0. The van der Waals surface area contributed by atoms with Gasteiger partial charge in [0.2, 0.25) is 5.91 Å². The van der Waals surface area contributed by atoms with Crippen LogP contribution in [-0.2, 0) is 4.79 Å². The minimum Gasteiger partial charge on any atom is -0.362 e. The van der Waals surface area contributed by atoms with Crippen molar-refractivity contribution >= 4 is 22.8 Å². The van der Waals surface area contributed by atoms with Crippen molar-refractivity contribution < 1.29 is 4.79 Å². The molecule has 0 spiro atoms. The fraction of sp³-hybridized carbons (Fsp3) is 0.867. The normalized spacial score (nSPS) is 28.6. The number of aliphatic imine (C=N–C) groups is 1. The fourth-order valence-electron chi connectivity index (χ4n) is 2.81. The van der Waals surface area contributed by atoms with E-state index in [-0.39, 0.29) is 11.4 Å². The van der Waals surface area contributed by atoms with Crippen molar-refractivity contribution in [2.45, 2.75) is 64.5 Å². The first-order valence-electron chi connectivity index (χ1n) is 7.69. The van der Waals surface area contributed by atoms with Crippen LogP contribution in [0.2, 0.25) is 0 Å². The maximum atomic E-state index is 11.7. The Morgan fingerprint density at radius 1 is 1.40 bits per heavy atom. The van der Waals surface area contributed by atoms with Crippen molar-refractivity contribution in [2.24, 2.45) is 10.9 Å². The largest absolute Gasteiger partial charge is 0.362 e. The van der Waals surface area contributed by atoms with Gasteiger partial charge in [-0.2, -0.15) is 0 Å². The summed E-state index contributed by atoms with van der Waals surface area (Å²) in [6.45, 7) is 6.57. The lowest BCUT2D eigenvalue weighted by atomic mass is 9.86. The molecule has 0 bridgehead atoms. The molecule has 114 valence electrons. The summed E-state index contributed by atoms with van der Waals surface area (Å²) in [6.07, 6.45) is 5.81. The molecule has 1 aliphatic heterocycles. The van der Waals surface area contributed by atoms with Gasteiger partial charge in [0.15, 0.2) is 5.17 Å². The average Bonchev–Trinajstić information content (AvgIpc) is 2.36. The van der Waals surface area contributed by atoms with E-state index in [1.165, 1.54) is 31.4 Å². The number of amidine groups is 1. The van der Waals surface area contributed by atoms with Gasteiger partial charge < -0.3 is 10.6 Å². The number of rotatable bonds is 3. The molecule has 1 heterocycles. The molecule has 1 saturated heterocycles. The van der Waals surface area contributed by atoms with Crippen LogP contribution in [0.25, 0.3) is 0 Å². The number of hydrogen-bond donors (Lipinski definition) is 2. The van der Waals surface area contributed by atoms with Gasteiger partial charge in [-0.1, -0.05) is 24.6 Å². The van der Waals surface area contributed by atoms with Crippen LogP contribution in [0.5, 0.6) is 0 Å². The third kappa shape index (κ3) is 5.00. The summed E-state index contributed by atoms with van der Waals surface area (Å²) in [6, 6.07) is 0.618. The average molecular weight is 297 g/mol. The highest BCUT2D eigenvalue weighted by Gasteiger charge is 2.30. The summed E-state index contributed by atoms with van der Waals surface area (Å²) in [4.78, 5) is 16.3. The van der Waals surface area contributed by atoms with Gasteiger partial charge in [-0.05, 0) is 39.5 Å². The molecule has 0 aromatic carbocycles. The van der Waals surface area contributed by atoms with E-state index >= 15 is 0 Å². The molecule has 0 radical (unpaired) electrons. The van der Waals surface area contributed by atoms with Crippen LogP contribution in [0.15, 0.2) is 4.99 Å². The smallest absolute Gasteiger partial charge is 0.222 e. The van der Waals surface area contributed by atoms with Crippen molar-refractivity contribution in [1.29, 1.82) is 0 Å². The van der Waals surface area contributed by atoms with Crippen molar-refractivity contribution in [1.82, 2.24) is 10.6 Å². The van der Waals surface area contributed by atoms with E-state index in [0.717, 1.165) is 11.1 Å². The van der Waals surface area contributed by atoms with Crippen LogP contribution in [0.1, 0.15) is 52.9 Å². The van der Waals surface area contributed by atoms with E-state index in [1.807, 2.05) is 32.5 Å². The van der Waals surface area contributed by atoms with Crippen molar-refractivity contribution in [3.63, 3.8) is 0 Å². The van der Waals surface area contributed by atoms with Crippen molar-refractivity contribution in [3.05, 3.63) is 0 Å². The van der Waals surface area contributed by atoms with Crippen LogP contribution in [0.4, 0.5) is 0 Å². The van der Waals surface area contributed by atoms with Crippen molar-refractivity contribution in [3.8, 4) is 0 Å². The fourth-order valence-corrected chi connectivity index (χ4v) is 4.00. The van der Waals surface area contributed by atoms with Gasteiger partial charge in [-0.15, -0.1) is 0 Å². The van der Waals surface area contributed by atoms with Crippen LogP contribution < -0.4 is 10.6 Å². The van der Waals surface area contributed by atoms with E-state index < -0.39 is 0 Å². The predicted molar refractivity (Wildman–Crippen MR) is 86.2 cm³/mol. The molecule has 2 aliphatic rings. The zero-order valence-corrected chi connectivity index (χ0v) is 13.7. The first-order valence-corrected chi connectivity index (χ1v) is 8.67. The molecule has 1 aliphatic carbocycles. The minimum atomic E-state index is -0.155. The van der Waals surface area contributed by atoms with E-state index in [4.69, 9.17) is 0 Å². The van der Waals surface area contributed by atoms with Gasteiger partial charge in [0.05, 0.1) is 6.54 Å². The Hall–Kier alpha value is -0.710. The molecule has 2 N–H and O–H groups in total. The predicted octanol–water partition coefficient (Wildman–Crippen LogP) is 2.54. The maximum absolute atomic E-state index is 11.7. The Morgan fingerprint density at radius 3 is 2.90 bits per heavy atom. The molecular weight excluding hydrogens is 270 g/mol. The molecule has 2 rings (SSSR count). The van der Waals surface area contributed by atoms with Gasteiger partial charge in [-0.3, -0.25) is 9.79 Å². The quantitative estimate of drug-likeness (QED) is 0.842. The Kier molecular flexibility index (Phi) is 5.35. The van der Waals surface area contributed by atoms with Gasteiger partial charge in [0.25, 0.3) is 0 Å². The van der Waals surface area contributed by atoms with Crippen LogP contribution in [-0.4, -0.2) is 35.0 Å². The highest BCUT2D eigenvalue weighted by molar-refractivity contribution is 8.13. The van der Waals surface area contributed by atoms with Gasteiger partial charge in [0.1, 0.15) is 0 Å². The van der Waals surface area contributed by atoms with Crippen molar-refractivity contribution in [2.75, 3.05) is 12.3 Å². The molecule has 2 fully saturated rings. The SMILES string of the molecule is CC(C)(C)NC(=O)CCN=C1NC2CCCCC2CS1. The third-order valence-corrected chi connectivity index (χ3v) is 4.88. The summed E-state index contributed by atoms with van der Waals surface area (Å²) in [5.41, 5.74) is -0.155. The highest BCUT2D eigenvalue weighted by atomic mass is 32.2. The van der Waals surface area contributed by atoms with E-state index in [9.17, 15) is 4.79 Å². The molecule has 0 aromatic rings. The monoisotopic (exact) mass is 297 g/mol. The minimum absolute atomic E-state index is 0.0817. The Morgan fingerprint density at radius 2 is 2.15 bits per heavy atom. The number of fused-ring (bicyclic) bond motifs is 1. The second kappa shape index (κ2) is 6.83. The number of carbonyl (C=O) groups excluding carboxylic acids is 1. The number of hydrogen-bond acceptors (Lipinski definition) is 3. The summed E-state index contributed by atoms with van der Waals surface area (Å²) < 4.78 is 0. The zero-order valence-electron chi connectivity index (χ0n) is 12.9. The second-order valence-electron chi connectivity index (χ2n) is 6.84. The number of thioether (sulfide) groups is 1. The number of amides is 1. The lowest BCUT2D eigenvalue weighted by molar-refractivity contribution is -0.122. The topological polar surface area (TPSA) is 53.5 Å². The van der Waals surface area contributed by atoms with E-state index in [1.54, 1.807) is 0 Å². The number of nitrogens with zero attached hydrogens (tertiary/aromatic N) is 1. The summed E-state index contributed by atoms with van der Waals surface area (Å²) >= 11 is 1.82. The molecule has 5 heteroatoms. The van der Waals surface area contributed by atoms with Crippen LogP contribution in [0, 0.1) is 5.92 Å². The van der Waals surface area contributed by atoms with Crippen LogP contribution in [0.3, 0.4) is 0 Å². The Balaban J connectivity index is 1.74. The van der Waals surface area contributed by atoms with Crippen LogP contribution >= 0.6 is 11.8 Å². The number of nitrogens with one attached hydrogen (secondary N) is 2. The first kappa shape index (κ1) is 15.7. The molecular formula is C15H27N3OS. The highest BCUT2D eigenvalue weighted by Crippen LogP contribution is 2.31. The molecule has 2 atom stereocenters. The van der Waals surface area contributed by atoms with Gasteiger partial charge in [-0.25, -0.2) is 0 Å². The van der Waals surface area contributed by atoms with Gasteiger partial charge in [0, 0.05) is 23.8 Å². The molecule has 1 saturated carbocycles. The summed E-state index contributed by atoms with van der Waals surface area (Å²) in [5.74, 6) is 2.08. The molecule has 20 heavy (non-hydrogen) atoms. The number of carbonyl (C=O) groups is 1.